The fourth-order valence-electron chi connectivity index (χ4n) is 4.83. The summed E-state index contributed by atoms with van der Waals surface area (Å²) in [5.41, 5.74) is 6.42. The third-order valence-corrected chi connectivity index (χ3v) is 6.20. The van der Waals surface area contributed by atoms with Crippen molar-refractivity contribution in [2.45, 2.75) is 39.3 Å². The standard InChI is InChI=1S/C24H26N4O2/c1-17-13-19(18(2)27(17)20-7-5-11-25-14-20)15-26-12-6-8-21(16-26)28-22-9-3-4-10-23(22)30-24(28)29/h3-5,7,9-11,13-14,21H,6,8,12,15-16H2,1-2H3/t21-/m0/s1. The lowest BCUT2D eigenvalue weighted by atomic mass is 10.0. The van der Waals surface area contributed by atoms with E-state index >= 15 is 0 Å². The van der Waals surface area contributed by atoms with Crippen molar-refractivity contribution in [3.05, 3.63) is 82.4 Å². The third-order valence-electron chi connectivity index (χ3n) is 6.20. The molecular formula is C24H26N4O2. The van der Waals surface area contributed by atoms with Gasteiger partial charge in [0.25, 0.3) is 0 Å². The summed E-state index contributed by atoms with van der Waals surface area (Å²) in [5, 5.41) is 0. The van der Waals surface area contributed by atoms with Crippen LogP contribution in [0.25, 0.3) is 16.8 Å². The zero-order valence-electron chi connectivity index (χ0n) is 17.4. The van der Waals surface area contributed by atoms with E-state index in [4.69, 9.17) is 4.42 Å². The van der Waals surface area contributed by atoms with E-state index in [-0.39, 0.29) is 11.8 Å². The Balaban J connectivity index is 1.40. The molecule has 30 heavy (non-hydrogen) atoms. The number of hydrogen-bond donors (Lipinski definition) is 0. The molecule has 4 aromatic rings. The van der Waals surface area contributed by atoms with Crippen LogP contribution in [0, 0.1) is 13.8 Å². The lowest BCUT2D eigenvalue weighted by molar-refractivity contribution is 0.167. The number of aryl methyl sites for hydroxylation is 1. The maximum Gasteiger partial charge on any atom is 0.420 e. The smallest absolute Gasteiger partial charge is 0.408 e. The molecule has 0 unspecified atom stereocenters. The van der Waals surface area contributed by atoms with Crippen LogP contribution in [0.1, 0.15) is 35.8 Å². The Hall–Kier alpha value is -3.12. The number of likely N-dealkylation sites (tertiary alicyclic amines) is 1. The number of piperidine rings is 1. The molecule has 6 heteroatoms. The Morgan fingerprint density at radius 1 is 1.17 bits per heavy atom. The molecule has 1 fully saturated rings. The number of fused-ring (bicyclic) bond motifs is 1. The van der Waals surface area contributed by atoms with Gasteiger partial charge in [0.05, 0.1) is 23.4 Å². The molecule has 0 radical (unpaired) electrons. The highest BCUT2D eigenvalue weighted by atomic mass is 16.4. The maximum absolute atomic E-state index is 12.5. The number of hydrogen-bond acceptors (Lipinski definition) is 4. The van der Waals surface area contributed by atoms with Crippen LogP contribution in [0.2, 0.25) is 0 Å². The molecule has 1 saturated heterocycles. The summed E-state index contributed by atoms with van der Waals surface area (Å²) in [4.78, 5) is 19.3. The second-order valence-electron chi connectivity index (χ2n) is 8.18. The molecule has 154 valence electrons. The highest BCUT2D eigenvalue weighted by molar-refractivity contribution is 5.72. The summed E-state index contributed by atoms with van der Waals surface area (Å²) in [6.07, 6.45) is 5.76. The van der Waals surface area contributed by atoms with Gasteiger partial charge in [0.1, 0.15) is 0 Å². The summed E-state index contributed by atoms with van der Waals surface area (Å²) >= 11 is 0. The fraction of sp³-hybridized carbons (Fsp3) is 0.333. The summed E-state index contributed by atoms with van der Waals surface area (Å²) in [6, 6.07) is 14.2. The molecule has 0 saturated carbocycles. The highest BCUT2D eigenvalue weighted by Crippen LogP contribution is 2.27. The van der Waals surface area contributed by atoms with Gasteiger partial charge in [0, 0.05) is 30.7 Å². The number of benzene rings is 1. The third kappa shape index (κ3) is 3.27. The number of pyridine rings is 1. The minimum absolute atomic E-state index is 0.136. The van der Waals surface area contributed by atoms with Gasteiger partial charge in [-0.3, -0.25) is 14.5 Å². The van der Waals surface area contributed by atoms with Gasteiger partial charge in [0.15, 0.2) is 5.58 Å². The molecule has 6 nitrogen and oxygen atoms in total. The minimum Gasteiger partial charge on any atom is -0.408 e. The van der Waals surface area contributed by atoms with Crippen molar-refractivity contribution >= 4 is 11.1 Å². The van der Waals surface area contributed by atoms with Crippen LogP contribution in [0.15, 0.2) is 64.1 Å². The summed E-state index contributed by atoms with van der Waals surface area (Å²) in [5.74, 6) is -0.252. The quantitative estimate of drug-likeness (QED) is 0.512. The first-order chi connectivity index (χ1) is 14.6. The van der Waals surface area contributed by atoms with Gasteiger partial charge < -0.3 is 8.98 Å². The van der Waals surface area contributed by atoms with Gasteiger partial charge in [-0.1, -0.05) is 12.1 Å². The van der Waals surface area contributed by atoms with Gasteiger partial charge in [-0.2, -0.15) is 0 Å². The molecule has 3 aromatic heterocycles. The monoisotopic (exact) mass is 402 g/mol. The van der Waals surface area contributed by atoms with Gasteiger partial charge >= 0.3 is 5.76 Å². The zero-order chi connectivity index (χ0) is 20.7. The van der Waals surface area contributed by atoms with Crippen LogP contribution in [-0.2, 0) is 6.54 Å². The minimum atomic E-state index is -0.252. The Kier molecular flexibility index (Phi) is 4.79. The van der Waals surface area contributed by atoms with Gasteiger partial charge in [-0.05, 0) is 69.1 Å². The van der Waals surface area contributed by atoms with E-state index in [9.17, 15) is 4.79 Å². The first-order valence-electron chi connectivity index (χ1n) is 10.5. The molecule has 0 aliphatic carbocycles. The summed E-state index contributed by atoms with van der Waals surface area (Å²) < 4.78 is 9.58. The lowest BCUT2D eigenvalue weighted by Gasteiger charge is -2.33. The lowest BCUT2D eigenvalue weighted by Crippen LogP contribution is -2.38. The van der Waals surface area contributed by atoms with Crippen LogP contribution in [-0.4, -0.2) is 32.1 Å². The second-order valence-corrected chi connectivity index (χ2v) is 8.18. The van der Waals surface area contributed by atoms with Crippen LogP contribution in [0.5, 0.6) is 0 Å². The van der Waals surface area contributed by atoms with Crippen LogP contribution in [0.3, 0.4) is 0 Å². The van der Waals surface area contributed by atoms with E-state index in [0.29, 0.717) is 5.58 Å². The Morgan fingerprint density at radius 2 is 2.03 bits per heavy atom. The van der Waals surface area contributed by atoms with Crippen molar-refractivity contribution in [2.75, 3.05) is 13.1 Å². The molecule has 0 spiro atoms. The van der Waals surface area contributed by atoms with E-state index in [0.717, 1.165) is 43.7 Å². The summed E-state index contributed by atoms with van der Waals surface area (Å²) in [7, 11) is 0. The normalized spacial score (nSPS) is 17.6. The Labute approximate surface area is 175 Å². The van der Waals surface area contributed by atoms with Crippen molar-refractivity contribution in [1.29, 1.82) is 0 Å². The molecular weight excluding hydrogens is 376 g/mol. The molecule has 0 bridgehead atoms. The molecule has 0 N–H and O–H groups in total. The zero-order valence-corrected chi connectivity index (χ0v) is 17.4. The SMILES string of the molecule is Cc1cc(CN2CCC[C@H](n3c(=O)oc4ccccc43)C2)c(C)n1-c1cccnc1. The maximum atomic E-state index is 12.5. The molecule has 1 aromatic carbocycles. The molecule has 1 aliphatic rings. The molecule has 1 atom stereocenters. The first-order valence-corrected chi connectivity index (χ1v) is 10.5. The molecule has 5 rings (SSSR count). The number of nitrogens with zero attached hydrogens (tertiary/aromatic N) is 4. The van der Waals surface area contributed by atoms with Crippen molar-refractivity contribution in [1.82, 2.24) is 19.0 Å². The fourth-order valence-corrected chi connectivity index (χ4v) is 4.83. The van der Waals surface area contributed by atoms with E-state index < -0.39 is 0 Å². The van der Waals surface area contributed by atoms with E-state index in [2.05, 4.69) is 40.4 Å². The van der Waals surface area contributed by atoms with Crippen molar-refractivity contribution in [3.8, 4) is 5.69 Å². The Bertz CT molecular complexity index is 1240. The van der Waals surface area contributed by atoms with Crippen molar-refractivity contribution in [3.63, 3.8) is 0 Å². The number of oxazole rings is 1. The van der Waals surface area contributed by atoms with Crippen LogP contribution >= 0.6 is 0 Å². The first kappa shape index (κ1) is 18.9. The number of para-hydroxylation sites is 2. The van der Waals surface area contributed by atoms with Gasteiger partial charge in [0.2, 0.25) is 0 Å². The van der Waals surface area contributed by atoms with Crippen LogP contribution < -0.4 is 5.76 Å². The van der Waals surface area contributed by atoms with E-state index in [1.165, 1.54) is 17.0 Å². The van der Waals surface area contributed by atoms with Crippen LogP contribution in [0.4, 0.5) is 0 Å². The number of aromatic nitrogens is 3. The average Bonchev–Trinajstić information content (AvgIpc) is 3.23. The largest absolute Gasteiger partial charge is 0.420 e. The van der Waals surface area contributed by atoms with Gasteiger partial charge in [-0.15, -0.1) is 0 Å². The summed E-state index contributed by atoms with van der Waals surface area (Å²) in [6.45, 7) is 7.07. The predicted molar refractivity (Wildman–Crippen MR) is 117 cm³/mol. The molecule has 1 aliphatic heterocycles. The second kappa shape index (κ2) is 7.61. The highest BCUT2D eigenvalue weighted by Gasteiger charge is 2.26. The molecule has 0 amide bonds. The topological polar surface area (TPSA) is 56.2 Å². The van der Waals surface area contributed by atoms with E-state index in [1.54, 1.807) is 6.20 Å². The average molecular weight is 402 g/mol. The number of rotatable bonds is 4. The Morgan fingerprint density at radius 3 is 2.87 bits per heavy atom. The van der Waals surface area contributed by atoms with Gasteiger partial charge in [-0.25, -0.2) is 4.79 Å². The van der Waals surface area contributed by atoms with E-state index in [1.807, 2.05) is 41.1 Å². The molecule has 4 heterocycles. The van der Waals surface area contributed by atoms with Crippen molar-refractivity contribution < 1.29 is 4.42 Å². The predicted octanol–water partition coefficient (Wildman–Crippen LogP) is 4.23. The van der Waals surface area contributed by atoms with Crippen molar-refractivity contribution in [2.24, 2.45) is 0 Å².